The number of sulfone groups is 1. The largest absolute Gasteiger partial charge is 0.465 e. The molecule has 0 aliphatic rings. The number of esters is 2. The van der Waals surface area contributed by atoms with Crippen LogP contribution >= 0.6 is 0 Å². The molecule has 1 rings (SSSR count). The Hall–Kier alpha value is -1.89. The molecule has 104 valence electrons. The molecule has 7 heteroatoms. The molecule has 19 heavy (non-hydrogen) atoms. The van der Waals surface area contributed by atoms with Crippen molar-refractivity contribution in [3.8, 4) is 5.75 Å². The Morgan fingerprint density at radius 2 is 1.89 bits per heavy atom. The van der Waals surface area contributed by atoms with Gasteiger partial charge in [-0.1, -0.05) is 6.07 Å². The molecule has 1 aromatic rings. The van der Waals surface area contributed by atoms with Crippen LogP contribution in [-0.4, -0.2) is 33.7 Å². The molecule has 0 spiro atoms. The summed E-state index contributed by atoms with van der Waals surface area (Å²) in [7, 11) is -2.06. The van der Waals surface area contributed by atoms with E-state index in [1.54, 1.807) is 0 Å². The Bertz CT molecular complexity index is 603. The van der Waals surface area contributed by atoms with Crippen LogP contribution in [0.1, 0.15) is 22.8 Å². The monoisotopic (exact) mass is 286 g/mol. The van der Waals surface area contributed by atoms with E-state index in [1.165, 1.54) is 32.2 Å². The first-order valence-electron chi connectivity index (χ1n) is 5.30. The van der Waals surface area contributed by atoms with Gasteiger partial charge in [0.25, 0.3) is 0 Å². The van der Waals surface area contributed by atoms with Crippen LogP contribution in [0.2, 0.25) is 0 Å². The minimum absolute atomic E-state index is 0.0424. The van der Waals surface area contributed by atoms with E-state index in [2.05, 4.69) is 4.74 Å². The molecule has 6 nitrogen and oxygen atoms in total. The average molecular weight is 286 g/mol. The zero-order valence-corrected chi connectivity index (χ0v) is 11.6. The van der Waals surface area contributed by atoms with Gasteiger partial charge in [-0.3, -0.25) is 4.79 Å². The molecule has 1 aromatic carbocycles. The molecule has 0 aliphatic heterocycles. The summed E-state index contributed by atoms with van der Waals surface area (Å²) in [4.78, 5) is 22.4. The van der Waals surface area contributed by atoms with E-state index < -0.39 is 21.8 Å². The molecule has 0 amide bonds. The maximum atomic E-state index is 11.4. The van der Waals surface area contributed by atoms with Gasteiger partial charge in [0.15, 0.2) is 9.84 Å². The third-order valence-corrected chi connectivity index (χ3v) is 3.00. The van der Waals surface area contributed by atoms with Gasteiger partial charge >= 0.3 is 11.9 Å². The van der Waals surface area contributed by atoms with Gasteiger partial charge in [-0.25, -0.2) is 13.2 Å². The smallest absolute Gasteiger partial charge is 0.337 e. The SMILES string of the molecule is COC(=O)c1ccc(CS(C)(=O)=O)c(OC(C)=O)c1. The molecule has 0 bridgehead atoms. The lowest BCUT2D eigenvalue weighted by molar-refractivity contribution is -0.131. The van der Waals surface area contributed by atoms with E-state index in [-0.39, 0.29) is 17.1 Å². The lowest BCUT2D eigenvalue weighted by Crippen LogP contribution is -2.09. The fourth-order valence-electron chi connectivity index (χ4n) is 1.45. The van der Waals surface area contributed by atoms with E-state index in [1.807, 2.05) is 0 Å². The van der Waals surface area contributed by atoms with Gasteiger partial charge in [-0.05, 0) is 12.1 Å². The summed E-state index contributed by atoms with van der Waals surface area (Å²) >= 11 is 0. The molecule has 0 aromatic heterocycles. The van der Waals surface area contributed by atoms with Crippen molar-refractivity contribution in [3.05, 3.63) is 29.3 Å². The fraction of sp³-hybridized carbons (Fsp3) is 0.333. The normalized spacial score (nSPS) is 10.9. The second-order valence-electron chi connectivity index (χ2n) is 3.98. The van der Waals surface area contributed by atoms with Crippen LogP contribution in [0.15, 0.2) is 18.2 Å². The van der Waals surface area contributed by atoms with Gasteiger partial charge in [-0.2, -0.15) is 0 Å². The van der Waals surface area contributed by atoms with Crippen molar-refractivity contribution in [2.75, 3.05) is 13.4 Å². The number of rotatable bonds is 4. The van der Waals surface area contributed by atoms with Crippen molar-refractivity contribution in [3.63, 3.8) is 0 Å². The van der Waals surface area contributed by atoms with Gasteiger partial charge in [-0.15, -0.1) is 0 Å². The summed E-state index contributed by atoms with van der Waals surface area (Å²) in [6.45, 7) is 1.19. The van der Waals surface area contributed by atoms with Crippen LogP contribution < -0.4 is 4.74 Å². The van der Waals surface area contributed by atoms with Crippen molar-refractivity contribution in [1.82, 2.24) is 0 Å². The van der Waals surface area contributed by atoms with Crippen molar-refractivity contribution in [1.29, 1.82) is 0 Å². The van der Waals surface area contributed by atoms with Crippen LogP contribution in [0.3, 0.4) is 0 Å². The van der Waals surface area contributed by atoms with Crippen LogP contribution in [-0.2, 0) is 25.1 Å². The van der Waals surface area contributed by atoms with E-state index in [4.69, 9.17) is 4.74 Å². The number of hydrogen-bond acceptors (Lipinski definition) is 6. The predicted molar refractivity (Wildman–Crippen MR) is 67.6 cm³/mol. The first-order valence-corrected chi connectivity index (χ1v) is 7.36. The van der Waals surface area contributed by atoms with Gasteiger partial charge in [0.05, 0.1) is 18.4 Å². The van der Waals surface area contributed by atoms with Gasteiger partial charge < -0.3 is 9.47 Å². The third kappa shape index (κ3) is 4.70. The Balaban J connectivity index is 3.23. The molecular formula is C12H14O6S. The lowest BCUT2D eigenvalue weighted by Gasteiger charge is -2.09. The molecule has 0 fully saturated rings. The highest BCUT2D eigenvalue weighted by Gasteiger charge is 2.15. The van der Waals surface area contributed by atoms with Gasteiger partial charge in [0.2, 0.25) is 0 Å². The fourth-order valence-corrected chi connectivity index (χ4v) is 2.25. The Morgan fingerprint density at radius 3 is 2.37 bits per heavy atom. The number of carbonyl (C=O) groups is 2. The minimum atomic E-state index is -3.28. The van der Waals surface area contributed by atoms with E-state index in [9.17, 15) is 18.0 Å². The predicted octanol–water partition coefficient (Wildman–Crippen LogP) is 0.943. The highest BCUT2D eigenvalue weighted by molar-refractivity contribution is 7.89. The summed E-state index contributed by atoms with van der Waals surface area (Å²) in [6, 6.07) is 4.12. The number of hydrogen-bond donors (Lipinski definition) is 0. The molecule has 0 atom stereocenters. The maximum absolute atomic E-state index is 11.4. The standard InChI is InChI=1S/C12H14O6S/c1-8(13)18-11-6-9(12(14)17-2)4-5-10(11)7-19(3,15)16/h4-6H,7H2,1-3H3. The molecule has 0 radical (unpaired) electrons. The minimum Gasteiger partial charge on any atom is -0.465 e. The van der Waals surface area contributed by atoms with Crippen LogP contribution in [0, 0.1) is 0 Å². The Morgan fingerprint density at radius 1 is 1.26 bits per heavy atom. The Kier molecular flexibility index (Phi) is 4.66. The van der Waals surface area contributed by atoms with Crippen molar-refractivity contribution >= 4 is 21.8 Å². The Labute approximate surface area is 111 Å². The topological polar surface area (TPSA) is 86.7 Å². The summed E-state index contributed by atoms with van der Waals surface area (Å²) in [5, 5.41) is 0. The van der Waals surface area contributed by atoms with Crippen molar-refractivity contribution in [2.45, 2.75) is 12.7 Å². The lowest BCUT2D eigenvalue weighted by atomic mass is 10.1. The van der Waals surface area contributed by atoms with Gasteiger partial charge in [0.1, 0.15) is 5.75 Å². The second-order valence-corrected chi connectivity index (χ2v) is 6.12. The van der Waals surface area contributed by atoms with Crippen LogP contribution in [0.4, 0.5) is 0 Å². The average Bonchev–Trinajstić information content (AvgIpc) is 2.28. The zero-order valence-electron chi connectivity index (χ0n) is 10.8. The van der Waals surface area contributed by atoms with E-state index >= 15 is 0 Å². The first-order chi connectivity index (χ1) is 8.73. The molecule has 0 aliphatic carbocycles. The number of ether oxygens (including phenoxy) is 2. The first kappa shape index (κ1) is 15.2. The summed E-state index contributed by atoms with van der Waals surface area (Å²) in [5.41, 5.74) is 0.487. The summed E-state index contributed by atoms with van der Waals surface area (Å²) in [6.07, 6.45) is 1.07. The van der Waals surface area contributed by atoms with Crippen molar-refractivity contribution < 1.29 is 27.5 Å². The number of carbonyl (C=O) groups excluding carboxylic acids is 2. The van der Waals surface area contributed by atoms with E-state index in [0.29, 0.717) is 5.56 Å². The van der Waals surface area contributed by atoms with Crippen LogP contribution in [0.5, 0.6) is 5.75 Å². The number of methoxy groups -OCH3 is 1. The molecular weight excluding hydrogens is 272 g/mol. The quantitative estimate of drug-likeness (QED) is 0.605. The molecule has 0 N–H and O–H groups in total. The summed E-state index contributed by atoms with van der Waals surface area (Å²) in [5.74, 6) is -1.44. The highest BCUT2D eigenvalue weighted by Crippen LogP contribution is 2.23. The summed E-state index contributed by atoms with van der Waals surface area (Å²) < 4.78 is 32.0. The highest BCUT2D eigenvalue weighted by atomic mass is 32.2. The molecule has 0 unspecified atom stereocenters. The third-order valence-electron chi connectivity index (χ3n) is 2.16. The van der Waals surface area contributed by atoms with Crippen molar-refractivity contribution in [2.24, 2.45) is 0 Å². The maximum Gasteiger partial charge on any atom is 0.337 e. The second kappa shape index (κ2) is 5.83. The molecule has 0 heterocycles. The molecule has 0 saturated carbocycles. The number of benzene rings is 1. The molecule has 0 saturated heterocycles. The van der Waals surface area contributed by atoms with Gasteiger partial charge in [0, 0.05) is 18.7 Å². The van der Waals surface area contributed by atoms with Crippen LogP contribution in [0.25, 0.3) is 0 Å². The zero-order chi connectivity index (χ0) is 14.6. The van der Waals surface area contributed by atoms with E-state index in [0.717, 1.165) is 6.26 Å².